The number of ether oxygens (including phenoxy) is 1. The van der Waals surface area contributed by atoms with Crippen LogP contribution in [0.5, 0.6) is 0 Å². The normalized spacial score (nSPS) is 18.6. The number of nitrogens with zero attached hydrogens (tertiary/aromatic N) is 2. The Morgan fingerprint density at radius 2 is 1.93 bits per heavy atom. The lowest BCUT2D eigenvalue weighted by Crippen LogP contribution is -2.33. The van der Waals surface area contributed by atoms with Gasteiger partial charge in [-0.2, -0.15) is 0 Å². The third kappa shape index (κ3) is 3.72. The van der Waals surface area contributed by atoms with Crippen LogP contribution in [0, 0.1) is 5.82 Å². The van der Waals surface area contributed by atoms with E-state index in [0.29, 0.717) is 53.9 Å². The van der Waals surface area contributed by atoms with Crippen LogP contribution in [0.25, 0.3) is 0 Å². The minimum absolute atomic E-state index is 0.239. The number of amides is 1. The molecule has 0 unspecified atom stereocenters. The van der Waals surface area contributed by atoms with Crippen molar-refractivity contribution < 1.29 is 13.9 Å². The molecule has 27 heavy (non-hydrogen) atoms. The molecule has 0 saturated carbocycles. The predicted molar refractivity (Wildman–Crippen MR) is 103 cm³/mol. The SMILES string of the molecule is O=C1Nc2ccc(F)cc2C(c2ccccc2Cl)=NC1=CN1CCOCC1. The number of nitrogens with one attached hydrogen (secondary N) is 1. The van der Waals surface area contributed by atoms with Gasteiger partial charge in [-0.15, -0.1) is 0 Å². The zero-order valence-corrected chi connectivity index (χ0v) is 15.2. The van der Waals surface area contributed by atoms with Crippen LogP contribution in [0.3, 0.4) is 0 Å². The van der Waals surface area contributed by atoms with Crippen LogP contribution in [-0.4, -0.2) is 42.8 Å². The summed E-state index contributed by atoms with van der Waals surface area (Å²) in [5.41, 5.74) is 2.30. The Hall–Kier alpha value is -2.70. The molecule has 138 valence electrons. The molecule has 2 heterocycles. The van der Waals surface area contributed by atoms with E-state index >= 15 is 0 Å². The highest BCUT2D eigenvalue weighted by Crippen LogP contribution is 2.29. The van der Waals surface area contributed by atoms with E-state index < -0.39 is 5.82 Å². The predicted octanol–water partition coefficient (Wildman–Crippen LogP) is 3.44. The van der Waals surface area contributed by atoms with Crippen molar-refractivity contribution in [3.8, 4) is 0 Å². The molecule has 0 spiro atoms. The van der Waals surface area contributed by atoms with Crippen molar-refractivity contribution in [3.05, 3.63) is 76.3 Å². The average molecular weight is 386 g/mol. The molecular weight excluding hydrogens is 369 g/mol. The van der Waals surface area contributed by atoms with Crippen LogP contribution in [0.15, 0.2) is 59.4 Å². The van der Waals surface area contributed by atoms with Crippen molar-refractivity contribution in [2.75, 3.05) is 31.6 Å². The highest BCUT2D eigenvalue weighted by molar-refractivity contribution is 6.36. The number of aliphatic imine (C=N–C) groups is 1. The highest BCUT2D eigenvalue weighted by Gasteiger charge is 2.24. The number of carbonyl (C=O) groups is 1. The monoisotopic (exact) mass is 385 g/mol. The zero-order valence-electron chi connectivity index (χ0n) is 14.4. The molecule has 4 rings (SSSR count). The van der Waals surface area contributed by atoms with Gasteiger partial charge in [-0.25, -0.2) is 9.38 Å². The van der Waals surface area contributed by atoms with Crippen LogP contribution in [0.2, 0.25) is 5.02 Å². The number of benzodiazepines with no additional fused rings is 1. The summed E-state index contributed by atoms with van der Waals surface area (Å²) < 4.78 is 19.3. The molecule has 0 radical (unpaired) electrons. The molecule has 1 amide bonds. The van der Waals surface area contributed by atoms with E-state index in [-0.39, 0.29) is 11.6 Å². The van der Waals surface area contributed by atoms with Crippen molar-refractivity contribution in [1.29, 1.82) is 0 Å². The number of fused-ring (bicyclic) bond motifs is 1. The van der Waals surface area contributed by atoms with E-state index in [4.69, 9.17) is 16.3 Å². The number of benzene rings is 2. The molecule has 1 N–H and O–H groups in total. The Balaban J connectivity index is 1.87. The molecule has 5 nitrogen and oxygen atoms in total. The van der Waals surface area contributed by atoms with E-state index in [1.54, 1.807) is 18.3 Å². The summed E-state index contributed by atoms with van der Waals surface area (Å²) in [5.74, 6) is -0.764. The number of carbonyl (C=O) groups excluding carboxylic acids is 1. The summed E-state index contributed by atoms with van der Waals surface area (Å²) in [6.07, 6.45) is 1.72. The summed E-state index contributed by atoms with van der Waals surface area (Å²) in [6.45, 7) is 2.54. The molecule has 0 bridgehead atoms. The van der Waals surface area contributed by atoms with Crippen molar-refractivity contribution in [3.63, 3.8) is 0 Å². The third-order valence-corrected chi connectivity index (χ3v) is 4.76. The largest absolute Gasteiger partial charge is 0.378 e. The first-order valence-corrected chi connectivity index (χ1v) is 8.98. The second-order valence-electron chi connectivity index (χ2n) is 6.25. The maximum atomic E-state index is 13.9. The molecular formula is C20H17ClFN3O2. The molecule has 2 aliphatic heterocycles. The van der Waals surface area contributed by atoms with Gasteiger partial charge >= 0.3 is 0 Å². The Morgan fingerprint density at radius 3 is 2.70 bits per heavy atom. The number of halogens is 2. The number of morpholine rings is 1. The molecule has 2 aromatic carbocycles. The summed E-state index contributed by atoms with van der Waals surface area (Å²) in [7, 11) is 0. The number of hydrogen-bond donors (Lipinski definition) is 1. The van der Waals surface area contributed by atoms with Crippen LogP contribution >= 0.6 is 11.6 Å². The van der Waals surface area contributed by atoms with Crippen LogP contribution in [-0.2, 0) is 9.53 Å². The van der Waals surface area contributed by atoms with Crippen LogP contribution < -0.4 is 5.32 Å². The fourth-order valence-electron chi connectivity index (χ4n) is 3.06. The lowest BCUT2D eigenvalue weighted by atomic mass is 10.0. The van der Waals surface area contributed by atoms with E-state index in [1.807, 2.05) is 17.0 Å². The second kappa shape index (κ2) is 7.50. The van der Waals surface area contributed by atoms with Gasteiger partial charge in [-0.05, 0) is 24.3 Å². The first kappa shape index (κ1) is 17.7. The summed E-state index contributed by atoms with van der Waals surface area (Å²) in [5, 5.41) is 3.30. The van der Waals surface area contributed by atoms with E-state index in [9.17, 15) is 9.18 Å². The first-order valence-electron chi connectivity index (χ1n) is 8.60. The topological polar surface area (TPSA) is 53.9 Å². The smallest absolute Gasteiger partial charge is 0.275 e. The zero-order chi connectivity index (χ0) is 18.8. The van der Waals surface area contributed by atoms with Gasteiger partial charge in [0.2, 0.25) is 0 Å². The molecule has 2 aromatic rings. The minimum atomic E-state index is -0.414. The van der Waals surface area contributed by atoms with Gasteiger partial charge in [0.25, 0.3) is 5.91 Å². The quantitative estimate of drug-likeness (QED) is 0.806. The Morgan fingerprint density at radius 1 is 1.15 bits per heavy atom. The standard InChI is InChI=1S/C20H17ClFN3O2/c21-16-4-2-1-3-14(16)19-15-11-13(22)5-6-17(15)24-20(26)18(23-19)12-25-7-9-27-10-8-25/h1-6,11-12H,7-10H2,(H,24,26). The molecule has 1 saturated heterocycles. The minimum Gasteiger partial charge on any atom is -0.378 e. The lowest BCUT2D eigenvalue weighted by molar-refractivity contribution is -0.113. The van der Waals surface area contributed by atoms with Gasteiger partial charge < -0.3 is 15.0 Å². The Kier molecular flexibility index (Phi) is 4.92. The summed E-state index contributed by atoms with van der Waals surface area (Å²) in [4.78, 5) is 19.3. The van der Waals surface area contributed by atoms with Crippen molar-refractivity contribution in [1.82, 2.24) is 4.90 Å². The molecule has 0 aromatic heterocycles. The van der Waals surface area contributed by atoms with Crippen LogP contribution in [0.1, 0.15) is 11.1 Å². The van der Waals surface area contributed by atoms with Gasteiger partial charge in [-0.1, -0.05) is 29.8 Å². The van der Waals surface area contributed by atoms with Gasteiger partial charge in [0.15, 0.2) is 0 Å². The first-order chi connectivity index (χ1) is 13.1. The number of hydrogen-bond acceptors (Lipinski definition) is 4. The molecule has 0 aliphatic carbocycles. The van der Waals surface area contributed by atoms with E-state index in [1.165, 1.54) is 18.2 Å². The summed E-state index contributed by atoms with van der Waals surface area (Å²) >= 11 is 6.37. The molecule has 1 fully saturated rings. The fraction of sp³-hybridized carbons (Fsp3) is 0.200. The Bertz CT molecular complexity index is 952. The number of anilines is 1. The average Bonchev–Trinajstić information content (AvgIpc) is 2.80. The summed E-state index contributed by atoms with van der Waals surface area (Å²) in [6, 6.07) is 11.4. The molecule has 7 heteroatoms. The van der Waals surface area contributed by atoms with Crippen molar-refractivity contribution >= 4 is 28.9 Å². The lowest BCUT2D eigenvalue weighted by Gasteiger charge is -2.25. The maximum absolute atomic E-state index is 13.9. The van der Waals surface area contributed by atoms with Crippen molar-refractivity contribution in [2.24, 2.45) is 4.99 Å². The molecule has 2 aliphatic rings. The van der Waals surface area contributed by atoms with Crippen molar-refractivity contribution in [2.45, 2.75) is 0 Å². The highest BCUT2D eigenvalue weighted by atomic mass is 35.5. The van der Waals surface area contributed by atoms with Crippen LogP contribution in [0.4, 0.5) is 10.1 Å². The third-order valence-electron chi connectivity index (χ3n) is 4.43. The number of rotatable bonds is 2. The molecule has 0 atom stereocenters. The van der Waals surface area contributed by atoms with Gasteiger partial charge in [0.1, 0.15) is 11.5 Å². The second-order valence-corrected chi connectivity index (χ2v) is 6.65. The Labute approximate surface area is 161 Å². The maximum Gasteiger partial charge on any atom is 0.275 e. The van der Waals surface area contributed by atoms with E-state index in [2.05, 4.69) is 10.3 Å². The van der Waals surface area contributed by atoms with Gasteiger partial charge in [0.05, 0.1) is 24.6 Å². The van der Waals surface area contributed by atoms with E-state index in [0.717, 1.165) is 0 Å². The van der Waals surface area contributed by atoms with Gasteiger partial charge in [-0.3, -0.25) is 4.79 Å². The van der Waals surface area contributed by atoms with Gasteiger partial charge in [0, 0.05) is 35.4 Å². The fourth-order valence-corrected chi connectivity index (χ4v) is 3.29.